The summed E-state index contributed by atoms with van der Waals surface area (Å²) in [4.78, 5) is 13.5. The summed E-state index contributed by atoms with van der Waals surface area (Å²) in [6, 6.07) is 2.46. The first kappa shape index (κ1) is 37.9. The van der Waals surface area contributed by atoms with Crippen molar-refractivity contribution in [2.45, 2.75) is 100 Å². The van der Waals surface area contributed by atoms with Gasteiger partial charge in [0.2, 0.25) is 5.90 Å². The predicted molar refractivity (Wildman–Crippen MR) is 211 cm³/mol. The molecule has 54 heavy (non-hydrogen) atoms. The summed E-state index contributed by atoms with van der Waals surface area (Å²) in [6.07, 6.45) is 14.3. The topological polar surface area (TPSA) is 111 Å². The summed E-state index contributed by atoms with van der Waals surface area (Å²) >= 11 is 0. The quantitative estimate of drug-likeness (QED) is 0.153. The number of nitriles is 1. The van der Waals surface area contributed by atoms with Crippen molar-refractivity contribution in [2.75, 3.05) is 20.3 Å². The van der Waals surface area contributed by atoms with E-state index in [4.69, 9.17) is 23.7 Å². The van der Waals surface area contributed by atoms with Crippen LogP contribution < -0.4 is 14.2 Å². The molecule has 0 radical (unpaired) electrons. The van der Waals surface area contributed by atoms with Crippen molar-refractivity contribution in [3.05, 3.63) is 74.9 Å². The van der Waals surface area contributed by atoms with Crippen LogP contribution in [0.3, 0.4) is 0 Å². The number of allylic oxidation sites excluding steroid dienone is 7. The van der Waals surface area contributed by atoms with Crippen LogP contribution in [0.4, 0.5) is 0 Å². The summed E-state index contributed by atoms with van der Waals surface area (Å²) in [6.45, 7) is 20.3. The largest absolute Gasteiger partial charge is 0.488 e. The number of methoxy groups -OCH3 is 1. The highest BCUT2D eigenvalue weighted by Crippen LogP contribution is 2.65. The molecule has 286 valence electrons. The third kappa shape index (κ3) is 6.27. The Balaban J connectivity index is 1.38. The minimum absolute atomic E-state index is 0.0373. The van der Waals surface area contributed by atoms with Crippen molar-refractivity contribution in [1.82, 2.24) is 0 Å². The fourth-order valence-corrected chi connectivity index (χ4v) is 10.2. The van der Waals surface area contributed by atoms with Gasteiger partial charge in [-0.15, -0.1) is 0 Å². The van der Waals surface area contributed by atoms with E-state index in [0.29, 0.717) is 53.4 Å². The molecule has 1 saturated carbocycles. The average molecular weight is 733 g/mol. The summed E-state index contributed by atoms with van der Waals surface area (Å²) in [5.41, 5.74) is 8.42. The van der Waals surface area contributed by atoms with E-state index < -0.39 is 11.5 Å². The number of rotatable bonds is 9. The average Bonchev–Trinajstić information content (AvgIpc) is 3.09. The normalized spacial score (nSPS) is 30.2. The van der Waals surface area contributed by atoms with Crippen molar-refractivity contribution in [3.63, 3.8) is 0 Å². The molecule has 4 aliphatic heterocycles. The molecule has 2 aliphatic carbocycles. The van der Waals surface area contributed by atoms with Crippen LogP contribution >= 0.6 is 0 Å². The van der Waals surface area contributed by atoms with Gasteiger partial charge in [-0.1, -0.05) is 67.4 Å². The Hall–Kier alpha value is -4.35. The SMILES string of the molecule is COCC(C)=CC1C2C(=CCC(C3C4=C(OC(=N)C3C#N)c3c(c(CC=C(C)C)c5c6c3OC(=O)CC6=CC(C)(CCC=C(C)C)O5)OC4)C2C)C1(C)C. The molecule has 7 atom stereocenters. The second kappa shape index (κ2) is 14.1. The third-order valence-electron chi connectivity index (χ3n) is 12.8. The van der Waals surface area contributed by atoms with Crippen LogP contribution in [0.15, 0.2) is 58.2 Å². The van der Waals surface area contributed by atoms with Gasteiger partial charge >= 0.3 is 5.97 Å². The smallest absolute Gasteiger partial charge is 0.315 e. The highest BCUT2D eigenvalue weighted by atomic mass is 16.5. The minimum atomic E-state index is -0.768. The van der Waals surface area contributed by atoms with Gasteiger partial charge in [0.1, 0.15) is 40.9 Å². The molecule has 1 N–H and O–H groups in total. The third-order valence-corrected chi connectivity index (χ3v) is 12.8. The second-order valence-corrected chi connectivity index (χ2v) is 17.6. The maximum Gasteiger partial charge on any atom is 0.315 e. The minimum Gasteiger partial charge on any atom is -0.488 e. The fourth-order valence-electron chi connectivity index (χ4n) is 10.2. The molecule has 0 aromatic heterocycles. The lowest BCUT2D eigenvalue weighted by Crippen LogP contribution is -2.54. The molecule has 0 bridgehead atoms. The van der Waals surface area contributed by atoms with Gasteiger partial charge in [0.05, 0.1) is 24.7 Å². The second-order valence-electron chi connectivity index (χ2n) is 17.6. The van der Waals surface area contributed by atoms with Crippen LogP contribution in [-0.4, -0.2) is 37.8 Å². The van der Waals surface area contributed by atoms with Crippen molar-refractivity contribution >= 4 is 23.2 Å². The molecule has 0 amide bonds. The Morgan fingerprint density at radius 1 is 1.04 bits per heavy atom. The van der Waals surface area contributed by atoms with Crippen LogP contribution in [0.5, 0.6) is 17.2 Å². The highest BCUT2D eigenvalue weighted by Gasteiger charge is 2.58. The fraction of sp³-hybridized carbons (Fsp3) is 0.543. The van der Waals surface area contributed by atoms with E-state index in [-0.39, 0.29) is 48.1 Å². The van der Waals surface area contributed by atoms with Gasteiger partial charge in [-0.2, -0.15) is 5.26 Å². The van der Waals surface area contributed by atoms with Gasteiger partial charge in [-0.25, -0.2) is 0 Å². The van der Waals surface area contributed by atoms with Crippen molar-refractivity contribution in [1.29, 1.82) is 10.7 Å². The molecule has 4 heterocycles. The van der Waals surface area contributed by atoms with Gasteiger partial charge in [0, 0.05) is 24.2 Å². The molecule has 1 aromatic carbocycles. The molecule has 1 fully saturated rings. The zero-order valence-electron chi connectivity index (χ0n) is 33.7. The highest BCUT2D eigenvalue weighted by molar-refractivity contribution is 6.01. The number of carbonyl (C=O) groups is 1. The number of nitrogens with zero attached hydrogens (tertiary/aromatic N) is 1. The first-order valence-corrected chi connectivity index (χ1v) is 19.6. The van der Waals surface area contributed by atoms with Gasteiger partial charge in [0.15, 0.2) is 5.75 Å². The van der Waals surface area contributed by atoms with Gasteiger partial charge in [-0.05, 0) is 108 Å². The maximum atomic E-state index is 13.5. The summed E-state index contributed by atoms with van der Waals surface area (Å²) < 4.78 is 31.9. The van der Waals surface area contributed by atoms with E-state index >= 15 is 0 Å². The zero-order chi connectivity index (χ0) is 38.9. The number of carbonyl (C=O) groups excluding carboxylic acids is 1. The number of nitrogens with one attached hydrogen (secondary N) is 1. The molecule has 8 nitrogen and oxygen atoms in total. The summed E-state index contributed by atoms with van der Waals surface area (Å²) in [5, 5.41) is 19.8. The number of ether oxygens (including phenoxy) is 5. The molecule has 0 saturated heterocycles. The molecule has 0 spiro atoms. The van der Waals surface area contributed by atoms with Crippen molar-refractivity contribution in [2.24, 2.45) is 40.9 Å². The Morgan fingerprint density at radius 3 is 2.46 bits per heavy atom. The van der Waals surface area contributed by atoms with E-state index in [1.807, 2.05) is 0 Å². The lowest BCUT2D eigenvalue weighted by molar-refractivity contribution is -0.133. The lowest BCUT2D eigenvalue weighted by Gasteiger charge is -2.60. The Labute approximate surface area is 321 Å². The van der Waals surface area contributed by atoms with Crippen LogP contribution in [-0.2, 0) is 20.7 Å². The molecule has 7 rings (SSSR count). The van der Waals surface area contributed by atoms with Gasteiger partial charge in [0.25, 0.3) is 0 Å². The zero-order valence-corrected chi connectivity index (χ0v) is 33.7. The van der Waals surface area contributed by atoms with E-state index in [0.717, 1.165) is 47.1 Å². The summed E-state index contributed by atoms with van der Waals surface area (Å²) in [7, 11) is 1.73. The number of esters is 1. The van der Waals surface area contributed by atoms with Crippen molar-refractivity contribution in [3.8, 4) is 23.3 Å². The first-order valence-electron chi connectivity index (χ1n) is 19.6. The first-order chi connectivity index (χ1) is 25.6. The van der Waals surface area contributed by atoms with Crippen LogP contribution in [0.2, 0.25) is 0 Å². The monoisotopic (exact) mass is 732 g/mol. The maximum absolute atomic E-state index is 13.5. The van der Waals surface area contributed by atoms with Gasteiger partial charge in [-0.3, -0.25) is 10.2 Å². The Bertz CT molecular complexity index is 2030. The van der Waals surface area contributed by atoms with Crippen LogP contribution in [0.25, 0.3) is 11.3 Å². The number of fused-ring (bicyclic) bond motifs is 4. The molecule has 1 aromatic rings. The Morgan fingerprint density at radius 2 is 1.78 bits per heavy atom. The summed E-state index contributed by atoms with van der Waals surface area (Å²) in [5.74, 6) is 1.54. The lowest BCUT2D eigenvalue weighted by atomic mass is 9.44. The number of hydrogen-bond donors (Lipinski definition) is 1. The van der Waals surface area contributed by atoms with E-state index in [1.54, 1.807) is 7.11 Å². The van der Waals surface area contributed by atoms with Gasteiger partial charge < -0.3 is 23.7 Å². The molecular weight excluding hydrogens is 677 g/mol. The molecular formula is C46H56N2O6. The molecule has 8 heteroatoms. The Kier molecular flexibility index (Phi) is 9.88. The molecule has 7 unspecified atom stereocenters. The van der Waals surface area contributed by atoms with E-state index in [2.05, 4.69) is 98.8 Å². The van der Waals surface area contributed by atoms with Crippen molar-refractivity contribution < 1.29 is 28.5 Å². The molecule has 6 aliphatic rings. The standard InChI is InChI=1S/C46H56N2O6/c1-24(2)12-11-17-46(9)20-28-19-35(49)52-43-37(28)42(54-46)30(14-13-25(3)4)40-39(43)41-32(23-51-40)38(31(21-47)44(48)53-41)29-15-16-33-36(27(29)6)34(45(33,7)8)18-26(5)22-50-10/h12-13,16,18,20,27,29,31,34,36,38,48H,11,14-15,17,19,22-23H2,1-10H3. The van der Waals surface area contributed by atoms with E-state index in [9.17, 15) is 15.5 Å². The predicted octanol–water partition coefficient (Wildman–Crippen LogP) is 10.1. The van der Waals surface area contributed by atoms with Crippen LogP contribution in [0, 0.1) is 57.7 Å². The number of benzene rings is 1. The van der Waals surface area contributed by atoms with E-state index in [1.165, 1.54) is 16.7 Å². The van der Waals surface area contributed by atoms with Crippen LogP contribution in [0.1, 0.15) is 105 Å². The number of hydrogen-bond acceptors (Lipinski definition) is 8.